The van der Waals surface area contributed by atoms with Gasteiger partial charge in [-0.25, -0.2) is 4.79 Å². The molecular weight excluding hydrogens is 268 g/mol. The number of urea groups is 1. The summed E-state index contributed by atoms with van der Waals surface area (Å²) < 4.78 is 0. The van der Waals surface area contributed by atoms with Gasteiger partial charge in [0.15, 0.2) is 0 Å². The molecule has 0 aliphatic heterocycles. The number of carboxylic acid groups (broad SMARTS) is 1. The van der Waals surface area contributed by atoms with Crippen LogP contribution in [0.15, 0.2) is 0 Å². The monoisotopic (exact) mass is 296 g/mol. The quantitative estimate of drug-likeness (QED) is 0.730. The average Bonchev–Trinajstić information content (AvgIpc) is 2.52. The molecule has 0 bridgehead atoms. The van der Waals surface area contributed by atoms with Gasteiger partial charge in [-0.2, -0.15) is 0 Å². The van der Waals surface area contributed by atoms with Crippen LogP contribution in [0.1, 0.15) is 57.8 Å². The van der Waals surface area contributed by atoms with E-state index in [9.17, 15) is 9.59 Å². The van der Waals surface area contributed by atoms with Gasteiger partial charge in [0.2, 0.25) is 0 Å². The summed E-state index contributed by atoms with van der Waals surface area (Å²) in [6, 6.07) is -0.0686. The third-order valence-electron chi connectivity index (χ3n) is 5.02. The molecule has 120 valence electrons. The summed E-state index contributed by atoms with van der Waals surface area (Å²) in [4.78, 5) is 22.7. The molecule has 0 atom stereocenters. The van der Waals surface area contributed by atoms with Gasteiger partial charge in [0.05, 0.1) is 5.92 Å². The zero-order valence-corrected chi connectivity index (χ0v) is 12.8. The van der Waals surface area contributed by atoms with Crippen molar-refractivity contribution >= 4 is 12.0 Å². The van der Waals surface area contributed by atoms with E-state index in [4.69, 9.17) is 5.11 Å². The molecule has 0 spiro atoms. The molecule has 0 saturated heterocycles. The molecule has 2 saturated carbocycles. The van der Waals surface area contributed by atoms with Crippen molar-refractivity contribution < 1.29 is 14.7 Å². The predicted octanol–water partition coefficient (Wildman–Crippen LogP) is 2.76. The van der Waals surface area contributed by atoms with Crippen molar-refractivity contribution in [1.82, 2.24) is 10.6 Å². The van der Waals surface area contributed by atoms with Gasteiger partial charge < -0.3 is 15.7 Å². The number of amides is 2. The average molecular weight is 296 g/mol. The van der Waals surface area contributed by atoms with Crippen LogP contribution in [0.3, 0.4) is 0 Å². The van der Waals surface area contributed by atoms with Crippen molar-refractivity contribution in [3.63, 3.8) is 0 Å². The minimum atomic E-state index is -0.674. The molecule has 2 aliphatic carbocycles. The molecule has 2 aliphatic rings. The van der Waals surface area contributed by atoms with E-state index in [0.29, 0.717) is 18.4 Å². The van der Waals surface area contributed by atoms with Crippen LogP contribution < -0.4 is 10.6 Å². The highest BCUT2D eigenvalue weighted by atomic mass is 16.4. The summed E-state index contributed by atoms with van der Waals surface area (Å²) in [5.41, 5.74) is 0. The molecule has 3 N–H and O–H groups in total. The molecule has 0 radical (unpaired) electrons. The zero-order chi connectivity index (χ0) is 15.1. The second-order valence-electron chi connectivity index (χ2n) is 6.65. The van der Waals surface area contributed by atoms with E-state index in [1.165, 1.54) is 32.1 Å². The minimum absolute atomic E-state index is 0.0686. The van der Waals surface area contributed by atoms with Crippen LogP contribution in [-0.2, 0) is 4.79 Å². The van der Waals surface area contributed by atoms with Gasteiger partial charge in [-0.1, -0.05) is 19.3 Å². The Bertz CT molecular complexity index is 345. The van der Waals surface area contributed by atoms with Crippen molar-refractivity contribution in [3.05, 3.63) is 0 Å². The first kappa shape index (κ1) is 16.1. The number of rotatable bonds is 5. The van der Waals surface area contributed by atoms with E-state index in [1.54, 1.807) is 0 Å². The topological polar surface area (TPSA) is 78.4 Å². The van der Waals surface area contributed by atoms with Gasteiger partial charge in [-0.3, -0.25) is 4.79 Å². The van der Waals surface area contributed by atoms with Gasteiger partial charge in [0.25, 0.3) is 0 Å². The number of carbonyl (C=O) groups excluding carboxylic acids is 1. The maximum atomic E-state index is 11.8. The maximum Gasteiger partial charge on any atom is 0.314 e. The van der Waals surface area contributed by atoms with Crippen molar-refractivity contribution in [2.75, 3.05) is 13.1 Å². The first-order valence-corrected chi connectivity index (χ1v) is 8.39. The van der Waals surface area contributed by atoms with Crippen molar-refractivity contribution in [1.29, 1.82) is 0 Å². The number of carboxylic acids is 1. The number of aliphatic carboxylic acids is 1. The van der Waals surface area contributed by atoms with Crippen LogP contribution in [0.25, 0.3) is 0 Å². The van der Waals surface area contributed by atoms with Gasteiger partial charge in [0, 0.05) is 13.1 Å². The van der Waals surface area contributed by atoms with E-state index in [0.717, 1.165) is 32.2 Å². The first-order valence-electron chi connectivity index (χ1n) is 8.39. The molecule has 0 aromatic heterocycles. The molecule has 0 aromatic rings. The summed E-state index contributed by atoms with van der Waals surface area (Å²) >= 11 is 0. The van der Waals surface area contributed by atoms with Crippen molar-refractivity contribution in [2.24, 2.45) is 17.8 Å². The Balaban J connectivity index is 1.55. The number of carbonyl (C=O) groups is 2. The molecule has 2 rings (SSSR count). The fourth-order valence-corrected chi connectivity index (χ4v) is 3.54. The van der Waals surface area contributed by atoms with Crippen molar-refractivity contribution in [3.8, 4) is 0 Å². The lowest BCUT2D eigenvalue weighted by molar-refractivity contribution is -0.143. The Morgan fingerprint density at radius 2 is 1.33 bits per heavy atom. The second-order valence-corrected chi connectivity index (χ2v) is 6.65. The SMILES string of the molecule is O=C(NCC1CCCCC1)NCC1CCC(C(=O)O)CC1. The summed E-state index contributed by atoms with van der Waals surface area (Å²) in [7, 11) is 0. The molecule has 0 unspecified atom stereocenters. The molecule has 0 heterocycles. The summed E-state index contributed by atoms with van der Waals surface area (Å²) in [5.74, 6) is 0.226. The van der Waals surface area contributed by atoms with E-state index in [2.05, 4.69) is 10.6 Å². The largest absolute Gasteiger partial charge is 0.481 e. The minimum Gasteiger partial charge on any atom is -0.481 e. The molecule has 21 heavy (non-hydrogen) atoms. The Morgan fingerprint density at radius 1 is 0.810 bits per heavy atom. The number of nitrogens with one attached hydrogen (secondary N) is 2. The van der Waals surface area contributed by atoms with Crippen LogP contribution in [-0.4, -0.2) is 30.2 Å². The molecular formula is C16H28N2O3. The number of hydrogen-bond acceptors (Lipinski definition) is 2. The first-order chi connectivity index (χ1) is 10.1. The fourth-order valence-electron chi connectivity index (χ4n) is 3.54. The van der Waals surface area contributed by atoms with Crippen molar-refractivity contribution in [2.45, 2.75) is 57.8 Å². The lowest BCUT2D eigenvalue weighted by Gasteiger charge is -2.26. The second kappa shape index (κ2) is 8.25. The molecule has 2 amide bonds. The highest BCUT2D eigenvalue weighted by molar-refractivity contribution is 5.73. The van der Waals surface area contributed by atoms with Crippen LogP contribution in [0.5, 0.6) is 0 Å². The molecule has 5 nitrogen and oxygen atoms in total. The van der Waals surface area contributed by atoms with Gasteiger partial charge in [0.1, 0.15) is 0 Å². The molecule has 0 aromatic carbocycles. The smallest absolute Gasteiger partial charge is 0.314 e. The normalized spacial score (nSPS) is 27.0. The summed E-state index contributed by atoms with van der Waals surface area (Å²) in [6.45, 7) is 1.46. The Kier molecular flexibility index (Phi) is 6.33. The van der Waals surface area contributed by atoms with Gasteiger partial charge in [-0.05, 0) is 50.4 Å². The maximum absolute atomic E-state index is 11.8. The number of hydrogen-bond donors (Lipinski definition) is 3. The molecule has 2 fully saturated rings. The summed E-state index contributed by atoms with van der Waals surface area (Å²) in [6.07, 6.45) is 9.68. The zero-order valence-electron chi connectivity index (χ0n) is 12.8. The van der Waals surface area contributed by atoms with E-state index >= 15 is 0 Å². The van der Waals surface area contributed by atoms with E-state index in [1.807, 2.05) is 0 Å². The van der Waals surface area contributed by atoms with E-state index in [-0.39, 0.29) is 11.9 Å². The van der Waals surface area contributed by atoms with Crippen LogP contribution >= 0.6 is 0 Å². The Labute approximate surface area is 126 Å². The van der Waals surface area contributed by atoms with Gasteiger partial charge >= 0.3 is 12.0 Å². The van der Waals surface area contributed by atoms with Gasteiger partial charge in [-0.15, -0.1) is 0 Å². The van der Waals surface area contributed by atoms with Crippen LogP contribution in [0.2, 0.25) is 0 Å². The predicted molar refractivity (Wildman–Crippen MR) is 81.1 cm³/mol. The summed E-state index contributed by atoms with van der Waals surface area (Å²) in [5, 5.41) is 14.9. The standard InChI is InChI=1S/C16H28N2O3/c19-15(20)14-8-6-13(7-9-14)11-18-16(21)17-10-12-4-2-1-3-5-12/h12-14H,1-11H2,(H,19,20)(H2,17,18,21). The van der Waals surface area contributed by atoms with E-state index < -0.39 is 5.97 Å². The molecule has 5 heteroatoms. The lowest BCUT2D eigenvalue weighted by atomic mass is 9.82. The highest BCUT2D eigenvalue weighted by Crippen LogP contribution is 2.28. The Hall–Kier alpha value is -1.26. The lowest BCUT2D eigenvalue weighted by Crippen LogP contribution is -2.41. The highest BCUT2D eigenvalue weighted by Gasteiger charge is 2.26. The van der Waals surface area contributed by atoms with Crippen LogP contribution in [0, 0.1) is 17.8 Å². The third kappa shape index (κ3) is 5.56. The Morgan fingerprint density at radius 3 is 1.86 bits per heavy atom. The third-order valence-corrected chi connectivity index (χ3v) is 5.02. The fraction of sp³-hybridized carbons (Fsp3) is 0.875. The van der Waals surface area contributed by atoms with Crippen LogP contribution in [0.4, 0.5) is 4.79 Å².